The number of carbonyl (C=O) groups excluding carboxylic acids is 1. The Bertz CT molecular complexity index is 1030. The summed E-state index contributed by atoms with van der Waals surface area (Å²) in [5, 5.41) is 3.60. The fourth-order valence-corrected chi connectivity index (χ4v) is 5.12. The summed E-state index contributed by atoms with van der Waals surface area (Å²) in [6.07, 6.45) is 2.80. The lowest BCUT2D eigenvalue weighted by molar-refractivity contribution is -0.113. The Hall–Kier alpha value is -2.36. The normalized spacial score (nSPS) is 16.1. The Morgan fingerprint density at radius 3 is 2.84 bits per heavy atom. The van der Waals surface area contributed by atoms with Gasteiger partial charge in [0.1, 0.15) is 10.8 Å². The zero-order valence-electron chi connectivity index (χ0n) is 18.7. The van der Waals surface area contributed by atoms with Crippen molar-refractivity contribution in [2.45, 2.75) is 37.8 Å². The van der Waals surface area contributed by atoms with Gasteiger partial charge in [-0.25, -0.2) is 4.79 Å². The van der Waals surface area contributed by atoms with Crippen molar-refractivity contribution in [1.82, 2.24) is 14.5 Å². The first-order valence-corrected chi connectivity index (χ1v) is 12.0. The monoisotopic (exact) mass is 458 g/mol. The van der Waals surface area contributed by atoms with E-state index in [9.17, 15) is 9.59 Å². The third-order valence-electron chi connectivity index (χ3n) is 5.91. The average Bonchev–Trinajstić information content (AvgIpc) is 3.28. The highest BCUT2D eigenvalue weighted by Crippen LogP contribution is 2.30. The van der Waals surface area contributed by atoms with Crippen molar-refractivity contribution in [2.75, 3.05) is 51.0 Å². The second-order valence-electron chi connectivity index (χ2n) is 8.12. The van der Waals surface area contributed by atoms with Crippen LogP contribution in [0.3, 0.4) is 0 Å². The number of carbonyl (C=O) groups is 1. The number of methoxy groups -OCH3 is 1. The minimum absolute atomic E-state index is 0.149. The van der Waals surface area contributed by atoms with E-state index in [1.807, 2.05) is 29.7 Å². The summed E-state index contributed by atoms with van der Waals surface area (Å²) in [5.41, 5.74) is 3.67. The topological polar surface area (TPSA) is 85.7 Å². The van der Waals surface area contributed by atoms with Gasteiger partial charge < -0.3 is 14.8 Å². The summed E-state index contributed by atoms with van der Waals surface area (Å²) in [7, 11) is 1.58. The van der Waals surface area contributed by atoms with E-state index >= 15 is 0 Å². The number of amides is 1. The van der Waals surface area contributed by atoms with Gasteiger partial charge in [-0.2, -0.15) is 4.98 Å². The van der Waals surface area contributed by atoms with E-state index in [1.165, 1.54) is 11.8 Å². The zero-order valence-corrected chi connectivity index (χ0v) is 19.5. The van der Waals surface area contributed by atoms with Gasteiger partial charge in [0.25, 0.3) is 0 Å². The van der Waals surface area contributed by atoms with Gasteiger partial charge in [-0.15, -0.1) is 0 Å². The molecule has 1 aliphatic heterocycles. The highest BCUT2D eigenvalue weighted by molar-refractivity contribution is 8.00. The van der Waals surface area contributed by atoms with Crippen molar-refractivity contribution in [1.29, 1.82) is 0 Å². The predicted octanol–water partition coefficient (Wildman–Crippen LogP) is 2.11. The lowest BCUT2D eigenvalue weighted by Crippen LogP contribution is -2.40. The first kappa shape index (κ1) is 22.8. The molecule has 0 atom stereocenters. The molecular weight excluding hydrogens is 428 g/mol. The van der Waals surface area contributed by atoms with Crippen molar-refractivity contribution in [3.63, 3.8) is 0 Å². The first-order chi connectivity index (χ1) is 15.5. The molecule has 1 aliphatic carbocycles. The Kier molecular flexibility index (Phi) is 7.49. The van der Waals surface area contributed by atoms with Crippen LogP contribution in [0.1, 0.15) is 23.2 Å². The number of aromatic nitrogens is 2. The number of aryl methyl sites for hydroxylation is 1. The maximum absolute atomic E-state index is 12.8. The lowest BCUT2D eigenvalue weighted by Gasteiger charge is -2.27. The minimum Gasteiger partial charge on any atom is -0.495 e. The number of rotatable bonds is 8. The smallest absolute Gasteiger partial charge is 0.348 e. The molecule has 1 amide bonds. The quantitative estimate of drug-likeness (QED) is 0.479. The van der Waals surface area contributed by atoms with Crippen LogP contribution < -0.4 is 15.7 Å². The van der Waals surface area contributed by atoms with Crippen LogP contribution in [-0.2, 0) is 28.9 Å². The zero-order chi connectivity index (χ0) is 22.5. The largest absolute Gasteiger partial charge is 0.495 e. The van der Waals surface area contributed by atoms with Crippen LogP contribution in [0, 0.1) is 6.92 Å². The van der Waals surface area contributed by atoms with Gasteiger partial charge in [-0.3, -0.25) is 14.3 Å². The molecule has 2 aliphatic rings. The van der Waals surface area contributed by atoms with Crippen molar-refractivity contribution in [2.24, 2.45) is 0 Å². The molecule has 0 spiro atoms. The molecule has 1 N–H and O–H groups in total. The second kappa shape index (κ2) is 10.5. The van der Waals surface area contributed by atoms with Gasteiger partial charge in [-0.05, 0) is 43.9 Å². The molecule has 0 unspecified atom stereocenters. The summed E-state index contributed by atoms with van der Waals surface area (Å²) in [6, 6.07) is 5.65. The number of morpholine rings is 1. The van der Waals surface area contributed by atoms with Crippen LogP contribution in [0.5, 0.6) is 5.75 Å². The van der Waals surface area contributed by atoms with E-state index in [-0.39, 0.29) is 17.3 Å². The number of thioether (sulfide) groups is 1. The van der Waals surface area contributed by atoms with E-state index in [0.29, 0.717) is 23.0 Å². The van der Waals surface area contributed by atoms with Crippen molar-refractivity contribution in [3.05, 3.63) is 45.5 Å². The SMILES string of the molecule is COc1ccc(C)cc1NC(=O)CSc1nc(=O)n(CCN2CCOCC2)c2c1CCC2. The number of nitrogens with zero attached hydrogens (tertiary/aromatic N) is 3. The summed E-state index contributed by atoms with van der Waals surface area (Å²) in [4.78, 5) is 32.1. The fraction of sp³-hybridized carbons (Fsp3) is 0.522. The van der Waals surface area contributed by atoms with E-state index in [2.05, 4.69) is 15.2 Å². The molecule has 1 saturated heterocycles. The number of nitrogens with one attached hydrogen (secondary N) is 1. The van der Waals surface area contributed by atoms with E-state index in [4.69, 9.17) is 9.47 Å². The van der Waals surface area contributed by atoms with Crippen LogP contribution in [0.4, 0.5) is 5.69 Å². The van der Waals surface area contributed by atoms with Crippen LogP contribution in [0.15, 0.2) is 28.0 Å². The standard InChI is InChI=1S/C23H30N4O4S/c1-16-6-7-20(30-2)18(14-16)24-21(28)15-32-22-17-4-3-5-19(17)27(23(29)25-22)9-8-26-10-12-31-13-11-26/h6-7,14H,3-5,8-13,15H2,1-2H3,(H,24,28). The van der Waals surface area contributed by atoms with E-state index in [0.717, 1.165) is 68.9 Å². The highest BCUT2D eigenvalue weighted by atomic mass is 32.2. The predicted molar refractivity (Wildman–Crippen MR) is 125 cm³/mol. The third kappa shape index (κ3) is 5.33. The Labute approximate surface area is 192 Å². The molecule has 2 aromatic rings. The van der Waals surface area contributed by atoms with Gasteiger partial charge in [0.2, 0.25) is 5.91 Å². The van der Waals surface area contributed by atoms with Crippen molar-refractivity contribution >= 4 is 23.4 Å². The summed E-state index contributed by atoms with van der Waals surface area (Å²) < 4.78 is 12.6. The number of ether oxygens (including phenoxy) is 2. The summed E-state index contributed by atoms with van der Waals surface area (Å²) in [6.45, 7) is 6.73. The van der Waals surface area contributed by atoms with E-state index in [1.54, 1.807) is 7.11 Å². The second-order valence-corrected chi connectivity index (χ2v) is 9.09. The first-order valence-electron chi connectivity index (χ1n) is 11.0. The van der Waals surface area contributed by atoms with Gasteiger partial charge in [0.05, 0.1) is 31.8 Å². The van der Waals surface area contributed by atoms with Crippen molar-refractivity contribution < 1.29 is 14.3 Å². The fourth-order valence-electron chi connectivity index (χ4n) is 4.24. The molecular formula is C23H30N4O4S. The molecule has 0 saturated carbocycles. The Morgan fingerprint density at radius 1 is 1.25 bits per heavy atom. The average molecular weight is 459 g/mol. The van der Waals surface area contributed by atoms with Gasteiger partial charge in [-0.1, -0.05) is 17.8 Å². The maximum atomic E-state index is 12.8. The number of anilines is 1. The van der Waals surface area contributed by atoms with Crippen LogP contribution >= 0.6 is 11.8 Å². The van der Waals surface area contributed by atoms with Gasteiger partial charge in [0, 0.05) is 37.4 Å². The molecule has 2 heterocycles. The minimum atomic E-state index is -0.220. The molecule has 0 radical (unpaired) electrons. The number of fused-ring (bicyclic) bond motifs is 1. The Morgan fingerprint density at radius 2 is 2.06 bits per heavy atom. The number of hydrogen-bond acceptors (Lipinski definition) is 7. The highest BCUT2D eigenvalue weighted by Gasteiger charge is 2.23. The Balaban J connectivity index is 1.42. The molecule has 4 rings (SSSR count). The molecule has 0 bridgehead atoms. The van der Waals surface area contributed by atoms with Crippen LogP contribution in [0.2, 0.25) is 0 Å². The molecule has 1 aromatic heterocycles. The summed E-state index contributed by atoms with van der Waals surface area (Å²) in [5.74, 6) is 0.660. The number of hydrogen-bond donors (Lipinski definition) is 1. The maximum Gasteiger partial charge on any atom is 0.348 e. The molecule has 1 aromatic carbocycles. The summed E-state index contributed by atoms with van der Waals surface area (Å²) >= 11 is 1.34. The van der Waals surface area contributed by atoms with Gasteiger partial charge in [0.15, 0.2) is 0 Å². The molecule has 9 heteroatoms. The van der Waals surface area contributed by atoms with Crippen molar-refractivity contribution in [3.8, 4) is 5.75 Å². The third-order valence-corrected chi connectivity index (χ3v) is 6.93. The number of benzene rings is 1. The van der Waals surface area contributed by atoms with Crippen LogP contribution in [-0.4, -0.2) is 66.1 Å². The van der Waals surface area contributed by atoms with Crippen LogP contribution in [0.25, 0.3) is 0 Å². The van der Waals surface area contributed by atoms with Gasteiger partial charge >= 0.3 is 5.69 Å². The molecule has 1 fully saturated rings. The molecule has 172 valence electrons. The van der Waals surface area contributed by atoms with E-state index < -0.39 is 0 Å². The molecule has 32 heavy (non-hydrogen) atoms. The lowest BCUT2D eigenvalue weighted by atomic mass is 10.2. The molecule has 8 nitrogen and oxygen atoms in total.